The standard InChI is InChI=1S/C15H18BrFN2S/c1-3-6-18-15(8-12-9-20-10(2)19-12)13-5-4-11(16)7-14(13)17/h4-5,7,9,15,18H,3,6,8H2,1-2H3. The minimum absolute atomic E-state index is 0.0375. The first-order valence-corrected chi connectivity index (χ1v) is 8.36. The van der Waals surface area contributed by atoms with Gasteiger partial charge in [-0.2, -0.15) is 0 Å². The van der Waals surface area contributed by atoms with E-state index in [9.17, 15) is 4.39 Å². The van der Waals surface area contributed by atoms with Crippen molar-refractivity contribution in [1.29, 1.82) is 0 Å². The zero-order chi connectivity index (χ0) is 14.5. The van der Waals surface area contributed by atoms with Crippen LogP contribution in [-0.4, -0.2) is 11.5 Å². The molecule has 0 fully saturated rings. The predicted molar refractivity (Wildman–Crippen MR) is 85.7 cm³/mol. The van der Waals surface area contributed by atoms with Gasteiger partial charge in [0.15, 0.2) is 0 Å². The van der Waals surface area contributed by atoms with Crippen LogP contribution in [0.1, 0.15) is 35.7 Å². The Labute approximate surface area is 131 Å². The second-order valence-electron chi connectivity index (χ2n) is 4.73. The highest BCUT2D eigenvalue weighted by Gasteiger charge is 2.17. The molecular weight excluding hydrogens is 339 g/mol. The van der Waals surface area contributed by atoms with Crippen molar-refractivity contribution in [2.75, 3.05) is 6.54 Å². The Morgan fingerprint density at radius 1 is 1.45 bits per heavy atom. The van der Waals surface area contributed by atoms with Gasteiger partial charge in [-0.25, -0.2) is 9.37 Å². The number of hydrogen-bond acceptors (Lipinski definition) is 3. The van der Waals surface area contributed by atoms with Crippen LogP contribution in [0.3, 0.4) is 0 Å². The summed E-state index contributed by atoms with van der Waals surface area (Å²) in [7, 11) is 0. The van der Waals surface area contributed by atoms with E-state index < -0.39 is 0 Å². The average Bonchev–Trinajstić information content (AvgIpc) is 2.80. The molecule has 1 aromatic carbocycles. The van der Waals surface area contributed by atoms with Crippen molar-refractivity contribution in [3.05, 3.63) is 50.1 Å². The van der Waals surface area contributed by atoms with Gasteiger partial charge in [0.25, 0.3) is 0 Å². The van der Waals surface area contributed by atoms with Crippen LogP contribution >= 0.6 is 27.3 Å². The van der Waals surface area contributed by atoms with E-state index in [0.717, 1.165) is 28.1 Å². The van der Waals surface area contributed by atoms with Crippen LogP contribution in [0.15, 0.2) is 28.1 Å². The van der Waals surface area contributed by atoms with Crippen LogP contribution in [-0.2, 0) is 6.42 Å². The number of thiazole rings is 1. The molecular formula is C15H18BrFN2S. The second kappa shape index (κ2) is 7.29. The highest BCUT2D eigenvalue weighted by molar-refractivity contribution is 9.10. The van der Waals surface area contributed by atoms with Crippen LogP contribution in [0, 0.1) is 12.7 Å². The monoisotopic (exact) mass is 356 g/mol. The molecule has 0 radical (unpaired) electrons. The summed E-state index contributed by atoms with van der Waals surface area (Å²) in [5.41, 5.74) is 1.72. The topological polar surface area (TPSA) is 24.9 Å². The number of aromatic nitrogens is 1. The molecule has 2 rings (SSSR count). The van der Waals surface area contributed by atoms with Crippen molar-refractivity contribution in [3.63, 3.8) is 0 Å². The number of benzene rings is 1. The van der Waals surface area contributed by atoms with Crippen LogP contribution in [0.4, 0.5) is 4.39 Å². The molecule has 0 aliphatic rings. The molecule has 1 aromatic heterocycles. The molecule has 0 aliphatic heterocycles. The molecule has 1 atom stereocenters. The number of aryl methyl sites for hydroxylation is 1. The lowest BCUT2D eigenvalue weighted by atomic mass is 10.0. The minimum atomic E-state index is -0.181. The molecule has 0 aliphatic carbocycles. The van der Waals surface area contributed by atoms with Gasteiger partial charge < -0.3 is 5.32 Å². The smallest absolute Gasteiger partial charge is 0.129 e. The van der Waals surface area contributed by atoms with E-state index in [-0.39, 0.29) is 11.9 Å². The van der Waals surface area contributed by atoms with Gasteiger partial charge in [0.2, 0.25) is 0 Å². The van der Waals surface area contributed by atoms with Crippen molar-refractivity contribution >= 4 is 27.3 Å². The van der Waals surface area contributed by atoms with Crippen LogP contribution < -0.4 is 5.32 Å². The van der Waals surface area contributed by atoms with Crippen molar-refractivity contribution in [3.8, 4) is 0 Å². The molecule has 1 unspecified atom stereocenters. The first kappa shape index (κ1) is 15.6. The Bertz CT molecular complexity index is 571. The second-order valence-corrected chi connectivity index (χ2v) is 6.71. The van der Waals surface area contributed by atoms with Gasteiger partial charge in [-0.3, -0.25) is 0 Å². The highest BCUT2D eigenvalue weighted by Crippen LogP contribution is 2.24. The summed E-state index contributed by atoms with van der Waals surface area (Å²) in [6, 6.07) is 5.20. The van der Waals surface area contributed by atoms with Crippen molar-refractivity contribution in [2.24, 2.45) is 0 Å². The first-order valence-electron chi connectivity index (χ1n) is 6.69. The minimum Gasteiger partial charge on any atom is -0.310 e. The molecule has 2 nitrogen and oxygen atoms in total. The molecule has 20 heavy (non-hydrogen) atoms. The SMILES string of the molecule is CCCNC(Cc1csc(C)n1)c1ccc(Br)cc1F. The summed E-state index contributed by atoms with van der Waals surface area (Å²) >= 11 is 4.93. The maximum atomic E-state index is 14.1. The number of nitrogens with one attached hydrogen (secondary N) is 1. The molecule has 2 aromatic rings. The zero-order valence-corrected chi connectivity index (χ0v) is 14.0. The molecule has 1 N–H and O–H groups in total. The van der Waals surface area contributed by atoms with Crippen molar-refractivity contribution < 1.29 is 4.39 Å². The lowest BCUT2D eigenvalue weighted by Gasteiger charge is -2.19. The normalized spacial score (nSPS) is 12.6. The number of rotatable bonds is 6. The third-order valence-electron chi connectivity index (χ3n) is 3.06. The first-order chi connectivity index (χ1) is 9.60. The molecule has 0 saturated carbocycles. The van der Waals surface area contributed by atoms with E-state index in [2.05, 4.69) is 33.2 Å². The molecule has 0 spiro atoms. The molecule has 0 bridgehead atoms. The van der Waals surface area contributed by atoms with Crippen molar-refractivity contribution in [2.45, 2.75) is 32.7 Å². The van der Waals surface area contributed by atoms with Gasteiger partial charge in [-0.15, -0.1) is 11.3 Å². The molecule has 1 heterocycles. The average molecular weight is 357 g/mol. The van der Waals surface area contributed by atoms with Gasteiger partial charge >= 0.3 is 0 Å². The molecule has 0 amide bonds. The summed E-state index contributed by atoms with van der Waals surface area (Å²) in [6.45, 7) is 4.96. The highest BCUT2D eigenvalue weighted by atomic mass is 79.9. The van der Waals surface area contributed by atoms with E-state index in [0.29, 0.717) is 12.0 Å². The Balaban J connectivity index is 2.22. The van der Waals surface area contributed by atoms with Crippen LogP contribution in [0.2, 0.25) is 0 Å². The van der Waals surface area contributed by atoms with E-state index in [1.54, 1.807) is 11.3 Å². The van der Waals surface area contributed by atoms with Gasteiger partial charge in [0, 0.05) is 27.9 Å². The predicted octanol–water partition coefficient (Wildman–Crippen LogP) is 4.64. The van der Waals surface area contributed by atoms with Crippen molar-refractivity contribution in [1.82, 2.24) is 10.3 Å². The fourth-order valence-electron chi connectivity index (χ4n) is 2.11. The van der Waals surface area contributed by atoms with Crippen LogP contribution in [0.5, 0.6) is 0 Å². The summed E-state index contributed by atoms with van der Waals surface area (Å²) in [5.74, 6) is -0.181. The van der Waals surface area contributed by atoms with E-state index in [4.69, 9.17) is 0 Å². The summed E-state index contributed by atoms with van der Waals surface area (Å²) in [4.78, 5) is 4.48. The third kappa shape index (κ3) is 4.11. The summed E-state index contributed by atoms with van der Waals surface area (Å²) in [6.07, 6.45) is 1.73. The van der Waals surface area contributed by atoms with E-state index >= 15 is 0 Å². The van der Waals surface area contributed by atoms with Crippen LogP contribution in [0.25, 0.3) is 0 Å². The largest absolute Gasteiger partial charge is 0.310 e. The maximum absolute atomic E-state index is 14.1. The van der Waals surface area contributed by atoms with Gasteiger partial charge in [-0.1, -0.05) is 28.9 Å². The Morgan fingerprint density at radius 2 is 2.25 bits per heavy atom. The maximum Gasteiger partial charge on any atom is 0.129 e. The van der Waals surface area contributed by atoms with E-state index in [1.807, 2.05) is 24.4 Å². The summed E-state index contributed by atoms with van der Waals surface area (Å²) < 4.78 is 14.9. The Kier molecular flexibility index (Phi) is 5.69. The quantitative estimate of drug-likeness (QED) is 0.815. The zero-order valence-electron chi connectivity index (χ0n) is 11.6. The van der Waals surface area contributed by atoms with Gasteiger partial charge in [0.1, 0.15) is 5.82 Å². The van der Waals surface area contributed by atoms with E-state index in [1.165, 1.54) is 6.07 Å². The lowest BCUT2D eigenvalue weighted by molar-refractivity contribution is 0.494. The van der Waals surface area contributed by atoms with Gasteiger partial charge in [0.05, 0.1) is 10.7 Å². The Hall–Kier alpha value is -0.780. The number of halogens is 2. The summed E-state index contributed by atoms with van der Waals surface area (Å²) in [5, 5.41) is 6.51. The molecule has 5 heteroatoms. The molecule has 0 saturated heterocycles. The van der Waals surface area contributed by atoms with Gasteiger partial charge in [-0.05, 0) is 32.0 Å². The lowest BCUT2D eigenvalue weighted by Crippen LogP contribution is -2.25. The number of nitrogens with zero attached hydrogens (tertiary/aromatic N) is 1. The molecule has 108 valence electrons. The fraction of sp³-hybridized carbons (Fsp3) is 0.400. The number of hydrogen-bond donors (Lipinski definition) is 1. The fourth-order valence-corrected chi connectivity index (χ4v) is 3.06. The Morgan fingerprint density at radius 3 is 2.85 bits per heavy atom. The third-order valence-corrected chi connectivity index (χ3v) is 4.37.